The number of aliphatic hydroxyl groups is 1. The van der Waals surface area contributed by atoms with Crippen molar-refractivity contribution in [1.29, 1.82) is 0 Å². The van der Waals surface area contributed by atoms with Crippen LogP contribution in [0.2, 0.25) is 0 Å². The Morgan fingerprint density at radius 2 is 2.06 bits per heavy atom. The summed E-state index contributed by atoms with van der Waals surface area (Å²) < 4.78 is 0. The molecular weight excluding hydrogens is 214 g/mol. The molecule has 2 unspecified atom stereocenters. The highest BCUT2D eigenvalue weighted by Crippen LogP contribution is 2.23. The molecule has 0 radical (unpaired) electrons. The molecule has 2 N–H and O–H groups in total. The molecule has 1 aliphatic heterocycles. The van der Waals surface area contributed by atoms with Crippen molar-refractivity contribution in [1.82, 2.24) is 15.1 Å². The summed E-state index contributed by atoms with van der Waals surface area (Å²) in [5.74, 6) is 0. The summed E-state index contributed by atoms with van der Waals surface area (Å²) >= 11 is 0. The molecule has 2 rings (SSSR count). The molecule has 1 saturated heterocycles. The number of likely N-dealkylation sites (N-methyl/N-ethyl adjacent to an activating group) is 1. The SMILES string of the molecule is CC1CN(C)CCN1CC(C)(CO)NC1CC1. The first-order valence-corrected chi connectivity index (χ1v) is 6.83. The fraction of sp³-hybridized carbons (Fsp3) is 1.00. The first kappa shape index (κ1) is 13.3. The van der Waals surface area contributed by atoms with E-state index in [-0.39, 0.29) is 12.1 Å². The minimum atomic E-state index is -0.134. The number of piperazine rings is 1. The van der Waals surface area contributed by atoms with Gasteiger partial charge in [-0.05, 0) is 33.7 Å². The predicted octanol–water partition coefficient (Wildman–Crippen LogP) is 0.125. The number of nitrogens with zero attached hydrogens (tertiary/aromatic N) is 2. The van der Waals surface area contributed by atoms with E-state index < -0.39 is 0 Å². The van der Waals surface area contributed by atoms with E-state index in [2.05, 4.69) is 36.0 Å². The van der Waals surface area contributed by atoms with Crippen molar-refractivity contribution in [3.63, 3.8) is 0 Å². The fourth-order valence-electron chi connectivity index (χ4n) is 2.72. The van der Waals surface area contributed by atoms with Crippen LogP contribution in [0.15, 0.2) is 0 Å². The Morgan fingerprint density at radius 1 is 1.35 bits per heavy atom. The molecule has 0 aromatic rings. The summed E-state index contributed by atoms with van der Waals surface area (Å²) in [6, 6.07) is 1.23. The number of hydrogen-bond donors (Lipinski definition) is 2. The van der Waals surface area contributed by atoms with Crippen molar-refractivity contribution in [2.45, 2.75) is 44.3 Å². The van der Waals surface area contributed by atoms with E-state index in [1.165, 1.54) is 12.8 Å². The van der Waals surface area contributed by atoms with Gasteiger partial charge in [0.25, 0.3) is 0 Å². The van der Waals surface area contributed by atoms with Crippen molar-refractivity contribution >= 4 is 0 Å². The molecule has 0 spiro atoms. The zero-order chi connectivity index (χ0) is 12.5. The second kappa shape index (κ2) is 5.22. The van der Waals surface area contributed by atoms with Crippen LogP contribution in [0, 0.1) is 0 Å². The van der Waals surface area contributed by atoms with Crippen LogP contribution in [-0.4, -0.2) is 72.4 Å². The Morgan fingerprint density at radius 3 is 2.59 bits per heavy atom. The quantitative estimate of drug-likeness (QED) is 0.717. The van der Waals surface area contributed by atoms with Crippen LogP contribution < -0.4 is 5.32 Å². The minimum absolute atomic E-state index is 0.134. The van der Waals surface area contributed by atoms with Gasteiger partial charge in [-0.3, -0.25) is 4.90 Å². The molecule has 100 valence electrons. The van der Waals surface area contributed by atoms with Gasteiger partial charge in [0, 0.05) is 38.3 Å². The summed E-state index contributed by atoms with van der Waals surface area (Å²) in [7, 11) is 2.18. The second-order valence-electron chi connectivity index (χ2n) is 6.22. The standard InChI is InChI=1S/C13H27N3O/c1-11-8-15(3)6-7-16(11)9-13(2,10-17)14-12-4-5-12/h11-12,14,17H,4-10H2,1-3H3. The van der Waals surface area contributed by atoms with Crippen LogP contribution >= 0.6 is 0 Å². The molecule has 1 saturated carbocycles. The number of rotatable bonds is 5. The Kier molecular flexibility index (Phi) is 4.08. The largest absolute Gasteiger partial charge is 0.394 e. The van der Waals surface area contributed by atoms with Crippen LogP contribution in [0.3, 0.4) is 0 Å². The predicted molar refractivity (Wildman–Crippen MR) is 70.2 cm³/mol. The van der Waals surface area contributed by atoms with Crippen LogP contribution in [0.1, 0.15) is 26.7 Å². The first-order chi connectivity index (χ1) is 8.02. The van der Waals surface area contributed by atoms with Gasteiger partial charge in [-0.25, -0.2) is 0 Å². The van der Waals surface area contributed by atoms with Crippen LogP contribution in [0.25, 0.3) is 0 Å². The Bertz CT molecular complexity index is 257. The highest BCUT2D eigenvalue weighted by atomic mass is 16.3. The average molecular weight is 241 g/mol. The third-order valence-electron chi connectivity index (χ3n) is 4.00. The van der Waals surface area contributed by atoms with E-state index >= 15 is 0 Å². The van der Waals surface area contributed by atoms with Crippen molar-refractivity contribution in [3.05, 3.63) is 0 Å². The van der Waals surface area contributed by atoms with Gasteiger partial charge in [0.05, 0.1) is 12.1 Å². The Hall–Kier alpha value is -0.160. The number of aliphatic hydroxyl groups excluding tert-OH is 1. The second-order valence-corrected chi connectivity index (χ2v) is 6.22. The van der Waals surface area contributed by atoms with Crippen LogP contribution in [0.5, 0.6) is 0 Å². The zero-order valence-electron chi connectivity index (χ0n) is 11.4. The highest BCUT2D eigenvalue weighted by molar-refractivity contribution is 4.95. The summed E-state index contributed by atoms with van der Waals surface area (Å²) in [5.41, 5.74) is -0.134. The molecule has 17 heavy (non-hydrogen) atoms. The summed E-state index contributed by atoms with van der Waals surface area (Å²) in [6.45, 7) is 8.98. The summed E-state index contributed by atoms with van der Waals surface area (Å²) in [5, 5.41) is 13.2. The summed E-state index contributed by atoms with van der Waals surface area (Å²) in [4.78, 5) is 4.89. The normalized spacial score (nSPS) is 31.4. The molecule has 0 aromatic carbocycles. The van der Waals surface area contributed by atoms with Gasteiger partial charge in [0.2, 0.25) is 0 Å². The van der Waals surface area contributed by atoms with Gasteiger partial charge < -0.3 is 15.3 Å². The third kappa shape index (κ3) is 3.65. The average Bonchev–Trinajstić information content (AvgIpc) is 3.06. The lowest BCUT2D eigenvalue weighted by Crippen LogP contribution is -2.60. The molecule has 1 heterocycles. The molecule has 4 nitrogen and oxygen atoms in total. The van der Waals surface area contributed by atoms with Gasteiger partial charge >= 0.3 is 0 Å². The lowest BCUT2D eigenvalue weighted by atomic mass is 10.0. The molecule has 0 amide bonds. The molecule has 1 aliphatic carbocycles. The van der Waals surface area contributed by atoms with Gasteiger partial charge in [-0.2, -0.15) is 0 Å². The monoisotopic (exact) mass is 241 g/mol. The molecular formula is C13H27N3O. The maximum absolute atomic E-state index is 9.63. The maximum Gasteiger partial charge on any atom is 0.0623 e. The van der Waals surface area contributed by atoms with Gasteiger partial charge in [-0.1, -0.05) is 0 Å². The van der Waals surface area contributed by atoms with Gasteiger partial charge in [-0.15, -0.1) is 0 Å². The molecule has 4 heteroatoms. The fourth-order valence-corrected chi connectivity index (χ4v) is 2.72. The Balaban J connectivity index is 1.88. The van der Waals surface area contributed by atoms with Crippen molar-refractivity contribution < 1.29 is 5.11 Å². The smallest absolute Gasteiger partial charge is 0.0623 e. The topological polar surface area (TPSA) is 38.7 Å². The maximum atomic E-state index is 9.63. The first-order valence-electron chi connectivity index (χ1n) is 6.83. The van der Waals surface area contributed by atoms with E-state index in [9.17, 15) is 5.11 Å². The van der Waals surface area contributed by atoms with Crippen molar-refractivity contribution in [2.24, 2.45) is 0 Å². The zero-order valence-corrected chi connectivity index (χ0v) is 11.4. The van der Waals surface area contributed by atoms with E-state index in [0.717, 1.165) is 26.2 Å². The third-order valence-corrected chi connectivity index (χ3v) is 4.00. The molecule has 0 aromatic heterocycles. The van der Waals surface area contributed by atoms with Gasteiger partial charge in [0.15, 0.2) is 0 Å². The van der Waals surface area contributed by atoms with E-state index in [1.807, 2.05) is 0 Å². The molecule has 2 aliphatic rings. The van der Waals surface area contributed by atoms with Crippen molar-refractivity contribution in [2.75, 3.05) is 39.8 Å². The van der Waals surface area contributed by atoms with E-state index in [1.54, 1.807) is 0 Å². The van der Waals surface area contributed by atoms with E-state index in [4.69, 9.17) is 0 Å². The summed E-state index contributed by atoms with van der Waals surface area (Å²) in [6.07, 6.45) is 2.54. The minimum Gasteiger partial charge on any atom is -0.394 e. The molecule has 2 atom stereocenters. The lowest BCUT2D eigenvalue weighted by Gasteiger charge is -2.43. The van der Waals surface area contributed by atoms with Crippen LogP contribution in [0.4, 0.5) is 0 Å². The highest BCUT2D eigenvalue weighted by Gasteiger charge is 2.35. The number of nitrogens with one attached hydrogen (secondary N) is 1. The molecule has 0 bridgehead atoms. The lowest BCUT2D eigenvalue weighted by molar-refractivity contribution is 0.0524. The van der Waals surface area contributed by atoms with E-state index in [0.29, 0.717) is 12.1 Å². The Labute approximate surface area is 105 Å². The van der Waals surface area contributed by atoms with Crippen molar-refractivity contribution in [3.8, 4) is 0 Å². The van der Waals surface area contributed by atoms with Crippen LogP contribution in [-0.2, 0) is 0 Å². The number of hydrogen-bond acceptors (Lipinski definition) is 4. The van der Waals surface area contributed by atoms with Gasteiger partial charge in [0.1, 0.15) is 0 Å². The molecule has 2 fully saturated rings.